The summed E-state index contributed by atoms with van der Waals surface area (Å²) in [7, 11) is 0. The van der Waals surface area contributed by atoms with Crippen LogP contribution < -0.4 is 4.74 Å². The van der Waals surface area contributed by atoms with Gasteiger partial charge in [-0.1, -0.05) is 25.5 Å². The van der Waals surface area contributed by atoms with Gasteiger partial charge in [0, 0.05) is 11.5 Å². The standard InChI is InChI=1S/C20H22O3/c1-2-12-9-16-17-11-15(22)7-8-19(17)23-20(18(16)10-12)13-3-5-14(21)6-4-13/h3-8,11-12,16,18,20-22H,2,9-10H2,1H3/t12-,16+,18+,20+/m0/s1. The van der Waals surface area contributed by atoms with Crippen LogP contribution in [0.1, 0.15) is 49.3 Å². The van der Waals surface area contributed by atoms with E-state index in [9.17, 15) is 10.2 Å². The first kappa shape index (κ1) is 14.4. The topological polar surface area (TPSA) is 49.7 Å². The summed E-state index contributed by atoms with van der Waals surface area (Å²) in [6.45, 7) is 2.25. The van der Waals surface area contributed by atoms with E-state index < -0.39 is 0 Å². The Morgan fingerprint density at radius 2 is 1.74 bits per heavy atom. The summed E-state index contributed by atoms with van der Waals surface area (Å²) in [5.41, 5.74) is 2.27. The summed E-state index contributed by atoms with van der Waals surface area (Å²) in [5, 5.41) is 19.4. The number of hydrogen-bond acceptors (Lipinski definition) is 3. The van der Waals surface area contributed by atoms with Crippen molar-refractivity contribution in [2.45, 2.75) is 38.2 Å². The molecule has 2 N–H and O–H groups in total. The monoisotopic (exact) mass is 310 g/mol. The van der Waals surface area contributed by atoms with E-state index >= 15 is 0 Å². The zero-order valence-electron chi connectivity index (χ0n) is 13.3. The fourth-order valence-electron chi connectivity index (χ4n) is 4.34. The number of fused-ring (bicyclic) bond motifs is 3. The van der Waals surface area contributed by atoms with Crippen molar-refractivity contribution in [3.05, 3.63) is 53.6 Å². The third-order valence-electron chi connectivity index (χ3n) is 5.54. The minimum Gasteiger partial charge on any atom is -0.508 e. The fraction of sp³-hybridized carbons (Fsp3) is 0.400. The first-order chi connectivity index (χ1) is 11.2. The molecule has 2 aliphatic rings. The van der Waals surface area contributed by atoms with Crippen LogP contribution in [0.25, 0.3) is 0 Å². The molecule has 0 aromatic heterocycles. The van der Waals surface area contributed by atoms with Crippen LogP contribution in [0.2, 0.25) is 0 Å². The molecule has 1 saturated carbocycles. The Morgan fingerprint density at radius 1 is 1.00 bits per heavy atom. The molecule has 2 aromatic carbocycles. The maximum absolute atomic E-state index is 9.86. The second-order valence-corrected chi connectivity index (χ2v) is 6.87. The minimum atomic E-state index is 0.0224. The summed E-state index contributed by atoms with van der Waals surface area (Å²) in [4.78, 5) is 0. The number of hydrogen-bond donors (Lipinski definition) is 2. The summed E-state index contributed by atoms with van der Waals surface area (Å²) < 4.78 is 6.33. The molecule has 1 aliphatic heterocycles. The predicted molar refractivity (Wildman–Crippen MR) is 88.8 cm³/mol. The second kappa shape index (κ2) is 5.48. The predicted octanol–water partition coefficient (Wildman–Crippen LogP) is 4.75. The highest BCUT2D eigenvalue weighted by Crippen LogP contribution is 2.56. The average molecular weight is 310 g/mol. The number of ether oxygens (including phenoxy) is 1. The molecule has 1 heterocycles. The van der Waals surface area contributed by atoms with Crippen molar-refractivity contribution in [1.29, 1.82) is 0 Å². The van der Waals surface area contributed by atoms with E-state index in [1.54, 1.807) is 18.2 Å². The molecule has 4 atom stereocenters. The lowest BCUT2D eigenvalue weighted by atomic mass is 9.80. The van der Waals surface area contributed by atoms with Crippen LogP contribution in [0.15, 0.2) is 42.5 Å². The third-order valence-corrected chi connectivity index (χ3v) is 5.54. The lowest BCUT2D eigenvalue weighted by Crippen LogP contribution is -2.26. The summed E-state index contributed by atoms with van der Waals surface area (Å²) in [6.07, 6.45) is 3.52. The molecule has 4 rings (SSSR count). The van der Waals surface area contributed by atoms with Crippen molar-refractivity contribution in [2.24, 2.45) is 11.8 Å². The molecule has 0 saturated heterocycles. The third kappa shape index (κ3) is 2.44. The number of phenolic OH excluding ortho intramolecular Hbond substituents is 2. The van der Waals surface area contributed by atoms with Crippen molar-refractivity contribution in [1.82, 2.24) is 0 Å². The van der Waals surface area contributed by atoms with Gasteiger partial charge in [0.05, 0.1) is 0 Å². The molecule has 0 unspecified atom stereocenters. The van der Waals surface area contributed by atoms with Crippen molar-refractivity contribution >= 4 is 0 Å². The summed E-state index contributed by atoms with van der Waals surface area (Å²) in [6, 6.07) is 12.8. The fourth-order valence-corrected chi connectivity index (χ4v) is 4.34. The number of phenols is 2. The van der Waals surface area contributed by atoms with Crippen LogP contribution in [-0.2, 0) is 0 Å². The van der Waals surface area contributed by atoms with Crippen molar-refractivity contribution in [2.75, 3.05) is 0 Å². The Labute approximate surface area is 136 Å². The van der Waals surface area contributed by atoms with E-state index in [4.69, 9.17) is 4.74 Å². The first-order valence-electron chi connectivity index (χ1n) is 8.44. The Balaban J connectivity index is 1.76. The molecule has 3 nitrogen and oxygen atoms in total. The minimum absolute atomic E-state index is 0.0224. The molecule has 0 radical (unpaired) electrons. The SMILES string of the molecule is CC[C@@H]1C[C@@H]2[C@H](C1)c1cc(O)ccc1O[C@@H]2c1ccc(O)cc1. The van der Waals surface area contributed by atoms with Gasteiger partial charge in [-0.2, -0.15) is 0 Å². The Morgan fingerprint density at radius 3 is 2.48 bits per heavy atom. The summed E-state index contributed by atoms with van der Waals surface area (Å²) >= 11 is 0. The van der Waals surface area contributed by atoms with Crippen molar-refractivity contribution < 1.29 is 14.9 Å². The highest BCUT2D eigenvalue weighted by Gasteiger charge is 2.45. The van der Waals surface area contributed by atoms with Gasteiger partial charge in [-0.15, -0.1) is 0 Å². The van der Waals surface area contributed by atoms with Crippen molar-refractivity contribution in [3.8, 4) is 17.2 Å². The molecule has 0 bridgehead atoms. The molecule has 1 fully saturated rings. The molecule has 3 heteroatoms. The Kier molecular flexibility index (Phi) is 3.44. The smallest absolute Gasteiger partial charge is 0.127 e. The highest BCUT2D eigenvalue weighted by molar-refractivity contribution is 5.46. The summed E-state index contributed by atoms with van der Waals surface area (Å²) in [5.74, 6) is 3.06. The lowest BCUT2D eigenvalue weighted by Gasteiger charge is -2.36. The normalized spacial score (nSPS) is 28.7. The van der Waals surface area contributed by atoms with Crippen LogP contribution in [0.5, 0.6) is 17.2 Å². The van der Waals surface area contributed by atoms with Crippen LogP contribution in [0.3, 0.4) is 0 Å². The molecule has 0 spiro atoms. The molecular weight excluding hydrogens is 288 g/mol. The van der Waals surface area contributed by atoms with Gasteiger partial charge < -0.3 is 14.9 Å². The van der Waals surface area contributed by atoms with Gasteiger partial charge in [-0.25, -0.2) is 0 Å². The number of benzene rings is 2. The van der Waals surface area contributed by atoms with E-state index in [0.717, 1.165) is 29.7 Å². The van der Waals surface area contributed by atoms with Crippen LogP contribution in [-0.4, -0.2) is 10.2 Å². The number of rotatable bonds is 2. The zero-order valence-corrected chi connectivity index (χ0v) is 13.3. The van der Waals surface area contributed by atoms with E-state index in [1.807, 2.05) is 24.3 Å². The van der Waals surface area contributed by atoms with Gasteiger partial charge in [0.1, 0.15) is 23.4 Å². The average Bonchev–Trinajstić information content (AvgIpc) is 3.00. The zero-order chi connectivity index (χ0) is 16.0. The van der Waals surface area contributed by atoms with Gasteiger partial charge in [0.2, 0.25) is 0 Å². The van der Waals surface area contributed by atoms with Crippen LogP contribution in [0, 0.1) is 11.8 Å². The quantitative estimate of drug-likeness (QED) is 0.841. The number of aromatic hydroxyl groups is 2. The van der Waals surface area contributed by atoms with Gasteiger partial charge in [0.25, 0.3) is 0 Å². The van der Waals surface area contributed by atoms with Crippen LogP contribution in [0.4, 0.5) is 0 Å². The maximum atomic E-state index is 9.86. The Hall–Kier alpha value is -2.16. The van der Waals surface area contributed by atoms with E-state index in [1.165, 1.54) is 6.42 Å². The van der Waals surface area contributed by atoms with Gasteiger partial charge in [0.15, 0.2) is 0 Å². The largest absolute Gasteiger partial charge is 0.508 e. The molecule has 2 aromatic rings. The molecule has 0 amide bonds. The van der Waals surface area contributed by atoms with Gasteiger partial charge in [-0.05, 0) is 60.6 Å². The second-order valence-electron chi connectivity index (χ2n) is 6.87. The maximum Gasteiger partial charge on any atom is 0.127 e. The lowest BCUT2D eigenvalue weighted by molar-refractivity contribution is 0.103. The van der Waals surface area contributed by atoms with Crippen molar-refractivity contribution in [3.63, 3.8) is 0 Å². The van der Waals surface area contributed by atoms with Gasteiger partial charge >= 0.3 is 0 Å². The molecular formula is C20H22O3. The van der Waals surface area contributed by atoms with E-state index in [2.05, 4.69) is 6.92 Å². The molecule has 120 valence electrons. The van der Waals surface area contributed by atoms with E-state index in [0.29, 0.717) is 23.5 Å². The van der Waals surface area contributed by atoms with E-state index in [-0.39, 0.29) is 11.9 Å². The Bertz CT molecular complexity index is 707. The van der Waals surface area contributed by atoms with Crippen LogP contribution >= 0.6 is 0 Å². The molecule has 23 heavy (non-hydrogen) atoms. The molecule has 1 aliphatic carbocycles. The highest BCUT2D eigenvalue weighted by atomic mass is 16.5. The first-order valence-corrected chi connectivity index (χ1v) is 8.44. The van der Waals surface area contributed by atoms with Gasteiger partial charge in [-0.3, -0.25) is 0 Å².